The molecule has 0 saturated heterocycles. The van der Waals surface area contributed by atoms with Crippen LogP contribution in [0.4, 0.5) is 0 Å². The number of rotatable bonds is 7. The predicted molar refractivity (Wildman–Crippen MR) is 138 cm³/mol. The minimum absolute atomic E-state index is 0.0841. The topological polar surface area (TPSA) is 79.7 Å². The van der Waals surface area contributed by atoms with Crippen LogP contribution in [0.5, 0.6) is 0 Å². The maximum Gasteiger partial charge on any atom is 0.253 e. The Balaban J connectivity index is 1.67. The fourth-order valence-electron chi connectivity index (χ4n) is 5.58. The first-order chi connectivity index (χ1) is 17.0. The smallest absolute Gasteiger partial charge is 0.253 e. The van der Waals surface area contributed by atoms with Crippen molar-refractivity contribution in [2.75, 3.05) is 6.54 Å². The van der Waals surface area contributed by atoms with E-state index in [0.29, 0.717) is 12.1 Å². The van der Waals surface area contributed by atoms with Crippen LogP contribution >= 0.6 is 0 Å². The Labute approximate surface area is 206 Å². The van der Waals surface area contributed by atoms with Gasteiger partial charge in [-0.05, 0) is 72.3 Å². The SMILES string of the molecule is CCN(Cc1ccccc1)[C@@H](c1cc2cc(C)cc(C)c2[nH]c1=O)c1nnnn1C1CCCCC1. The second-order valence-electron chi connectivity index (χ2n) is 9.82. The molecule has 0 unspecified atom stereocenters. The van der Waals surface area contributed by atoms with Crippen LogP contribution in [0.15, 0.2) is 53.3 Å². The first-order valence-corrected chi connectivity index (χ1v) is 12.7. The third-order valence-electron chi connectivity index (χ3n) is 7.30. The van der Waals surface area contributed by atoms with Gasteiger partial charge in [-0.1, -0.05) is 68.1 Å². The van der Waals surface area contributed by atoms with Crippen LogP contribution < -0.4 is 5.56 Å². The Morgan fingerprint density at radius 2 is 1.86 bits per heavy atom. The molecule has 0 bridgehead atoms. The van der Waals surface area contributed by atoms with Gasteiger partial charge in [0.25, 0.3) is 5.56 Å². The van der Waals surface area contributed by atoms with Crippen LogP contribution in [0, 0.1) is 13.8 Å². The summed E-state index contributed by atoms with van der Waals surface area (Å²) in [6.45, 7) is 7.71. The van der Waals surface area contributed by atoms with Crippen molar-refractivity contribution in [3.05, 3.63) is 87.0 Å². The van der Waals surface area contributed by atoms with Crippen molar-refractivity contribution in [1.29, 1.82) is 0 Å². The van der Waals surface area contributed by atoms with Gasteiger partial charge in [0, 0.05) is 12.1 Å². The molecule has 7 heteroatoms. The van der Waals surface area contributed by atoms with Gasteiger partial charge in [-0.25, -0.2) is 4.68 Å². The van der Waals surface area contributed by atoms with Gasteiger partial charge in [0.05, 0.1) is 11.6 Å². The number of nitrogens with zero attached hydrogens (tertiary/aromatic N) is 5. The molecule has 1 N–H and O–H groups in total. The summed E-state index contributed by atoms with van der Waals surface area (Å²) < 4.78 is 2.00. The van der Waals surface area contributed by atoms with E-state index in [0.717, 1.165) is 41.7 Å². The van der Waals surface area contributed by atoms with E-state index in [1.807, 2.05) is 23.7 Å². The third-order valence-corrected chi connectivity index (χ3v) is 7.30. The first kappa shape index (κ1) is 23.4. The molecule has 0 amide bonds. The number of fused-ring (bicyclic) bond motifs is 1. The van der Waals surface area contributed by atoms with E-state index in [2.05, 4.69) is 75.7 Å². The standard InChI is InChI=1S/C28H34N6O/c1-4-33(18-21-11-7-5-8-12-21)26(27-30-31-32-34(27)23-13-9-6-10-14-23)24-17-22-16-19(2)15-20(3)25(22)29-28(24)35/h5,7-8,11-12,15-17,23,26H,4,6,9-10,13-14,18H2,1-3H3,(H,29,35)/t26-/m0/s1. The summed E-state index contributed by atoms with van der Waals surface area (Å²) in [5.41, 5.74) is 4.93. The molecule has 0 radical (unpaired) electrons. The van der Waals surface area contributed by atoms with Crippen molar-refractivity contribution >= 4 is 10.9 Å². The fraction of sp³-hybridized carbons (Fsp3) is 0.429. The number of pyridine rings is 1. The quantitative estimate of drug-likeness (QED) is 0.399. The number of aromatic amines is 1. The molecule has 1 aliphatic carbocycles. The molecule has 7 nitrogen and oxygen atoms in total. The van der Waals surface area contributed by atoms with Crippen LogP contribution in [0.2, 0.25) is 0 Å². The molecule has 2 aromatic heterocycles. The van der Waals surface area contributed by atoms with Crippen molar-refractivity contribution in [2.45, 2.75) is 71.5 Å². The average Bonchev–Trinajstić information content (AvgIpc) is 3.35. The molecule has 1 fully saturated rings. The number of aryl methyl sites for hydroxylation is 2. The Kier molecular flexibility index (Phi) is 6.77. The van der Waals surface area contributed by atoms with Gasteiger partial charge in [0.2, 0.25) is 0 Å². The van der Waals surface area contributed by atoms with Crippen LogP contribution in [-0.4, -0.2) is 36.6 Å². The van der Waals surface area contributed by atoms with E-state index in [9.17, 15) is 4.79 Å². The predicted octanol–water partition coefficient (Wildman–Crippen LogP) is 5.25. The van der Waals surface area contributed by atoms with E-state index in [4.69, 9.17) is 0 Å². The molecule has 5 rings (SSSR count). The summed E-state index contributed by atoms with van der Waals surface area (Å²) in [6, 6.07) is 16.6. The summed E-state index contributed by atoms with van der Waals surface area (Å²) in [5.74, 6) is 0.754. The highest BCUT2D eigenvalue weighted by Gasteiger charge is 2.32. The maximum absolute atomic E-state index is 13.6. The minimum Gasteiger partial charge on any atom is -0.321 e. The maximum atomic E-state index is 13.6. The number of benzene rings is 2. The third kappa shape index (κ3) is 4.78. The Bertz CT molecular complexity index is 1350. The highest BCUT2D eigenvalue weighted by Crippen LogP contribution is 2.34. The van der Waals surface area contributed by atoms with Gasteiger partial charge >= 0.3 is 0 Å². The molecule has 0 aliphatic heterocycles. The summed E-state index contributed by atoms with van der Waals surface area (Å²) in [4.78, 5) is 19.1. The van der Waals surface area contributed by atoms with Gasteiger partial charge < -0.3 is 4.98 Å². The van der Waals surface area contributed by atoms with Crippen molar-refractivity contribution in [3.8, 4) is 0 Å². The number of aromatic nitrogens is 5. The van der Waals surface area contributed by atoms with Crippen molar-refractivity contribution in [2.24, 2.45) is 0 Å². The van der Waals surface area contributed by atoms with Gasteiger partial charge in [-0.3, -0.25) is 9.69 Å². The molecule has 1 saturated carbocycles. The van der Waals surface area contributed by atoms with E-state index >= 15 is 0 Å². The van der Waals surface area contributed by atoms with Crippen molar-refractivity contribution in [3.63, 3.8) is 0 Å². The van der Waals surface area contributed by atoms with Crippen LogP contribution in [0.1, 0.15) is 79.2 Å². The lowest BCUT2D eigenvalue weighted by Gasteiger charge is -2.32. The van der Waals surface area contributed by atoms with E-state index in [1.54, 1.807) is 0 Å². The number of hydrogen-bond acceptors (Lipinski definition) is 5. The summed E-state index contributed by atoms with van der Waals surface area (Å²) >= 11 is 0. The molecule has 0 spiro atoms. The zero-order chi connectivity index (χ0) is 24.4. The molecule has 1 aliphatic rings. The highest BCUT2D eigenvalue weighted by molar-refractivity contribution is 5.83. The second kappa shape index (κ2) is 10.1. The van der Waals surface area contributed by atoms with E-state index < -0.39 is 0 Å². The highest BCUT2D eigenvalue weighted by atomic mass is 16.1. The van der Waals surface area contributed by atoms with Crippen LogP contribution in [0.3, 0.4) is 0 Å². The fourth-order valence-corrected chi connectivity index (χ4v) is 5.58. The second-order valence-corrected chi connectivity index (χ2v) is 9.82. The van der Waals surface area contributed by atoms with Gasteiger partial charge in [-0.2, -0.15) is 0 Å². The Hall–Kier alpha value is -3.32. The molecule has 4 aromatic rings. The normalized spacial score (nSPS) is 15.7. The van der Waals surface area contributed by atoms with Crippen LogP contribution in [0.25, 0.3) is 10.9 Å². The van der Waals surface area contributed by atoms with Gasteiger partial charge in [0.15, 0.2) is 5.82 Å². The lowest BCUT2D eigenvalue weighted by molar-refractivity contribution is 0.204. The first-order valence-electron chi connectivity index (χ1n) is 12.7. The largest absolute Gasteiger partial charge is 0.321 e. The summed E-state index contributed by atoms with van der Waals surface area (Å²) in [5, 5.41) is 14.1. The summed E-state index contributed by atoms with van der Waals surface area (Å²) in [7, 11) is 0. The summed E-state index contributed by atoms with van der Waals surface area (Å²) in [6.07, 6.45) is 5.77. The van der Waals surface area contributed by atoms with E-state index in [-0.39, 0.29) is 17.6 Å². The molecule has 2 aromatic carbocycles. The average molecular weight is 471 g/mol. The Morgan fingerprint density at radius 3 is 2.60 bits per heavy atom. The monoisotopic (exact) mass is 470 g/mol. The molecule has 1 atom stereocenters. The number of H-pyrrole nitrogens is 1. The van der Waals surface area contributed by atoms with E-state index in [1.165, 1.54) is 30.4 Å². The number of nitrogens with one attached hydrogen (secondary N) is 1. The minimum atomic E-state index is -0.355. The number of hydrogen-bond donors (Lipinski definition) is 1. The Morgan fingerprint density at radius 1 is 1.09 bits per heavy atom. The lowest BCUT2D eigenvalue weighted by Crippen LogP contribution is -2.35. The molecule has 182 valence electrons. The molecule has 35 heavy (non-hydrogen) atoms. The molecular weight excluding hydrogens is 436 g/mol. The zero-order valence-electron chi connectivity index (χ0n) is 20.9. The van der Waals surface area contributed by atoms with Gasteiger partial charge in [-0.15, -0.1) is 5.10 Å². The zero-order valence-corrected chi connectivity index (χ0v) is 20.9. The van der Waals surface area contributed by atoms with Crippen LogP contribution in [-0.2, 0) is 6.54 Å². The lowest BCUT2D eigenvalue weighted by atomic mass is 9.95. The van der Waals surface area contributed by atoms with Crippen molar-refractivity contribution in [1.82, 2.24) is 30.1 Å². The molecular formula is C28H34N6O. The van der Waals surface area contributed by atoms with Gasteiger partial charge in [0.1, 0.15) is 6.04 Å². The van der Waals surface area contributed by atoms with Crippen molar-refractivity contribution < 1.29 is 0 Å². The number of tetrazole rings is 1. The molecule has 2 heterocycles.